The Morgan fingerprint density at radius 3 is 1.87 bits per heavy atom. The number of hydrogen-bond acceptors (Lipinski definition) is 2. The third kappa shape index (κ3) is 14.1. The molecule has 1 atom stereocenters. The van der Waals surface area contributed by atoms with E-state index in [1.807, 2.05) is 0 Å². The van der Waals surface area contributed by atoms with Crippen molar-refractivity contribution in [3.8, 4) is 0 Å². The second-order valence-electron chi connectivity index (χ2n) is 3.96. The summed E-state index contributed by atoms with van der Waals surface area (Å²) in [5.74, 6) is 0. The van der Waals surface area contributed by atoms with Crippen molar-refractivity contribution < 1.29 is 8.76 Å². The molecule has 0 saturated heterocycles. The van der Waals surface area contributed by atoms with Crippen molar-refractivity contribution in [2.75, 3.05) is 6.54 Å². The summed E-state index contributed by atoms with van der Waals surface area (Å²) in [7, 11) is 0. The Hall–Kier alpha value is 0.0700. The van der Waals surface area contributed by atoms with Crippen LogP contribution in [0.2, 0.25) is 0 Å². The van der Waals surface area contributed by atoms with Crippen LogP contribution in [0.1, 0.15) is 64.7 Å². The summed E-state index contributed by atoms with van der Waals surface area (Å²) in [6.07, 6.45) is 11.4. The molecule has 0 aliphatic carbocycles. The van der Waals surface area contributed by atoms with Gasteiger partial charge in [0.05, 0.1) is 0 Å². The van der Waals surface area contributed by atoms with Gasteiger partial charge in [0.15, 0.2) is 0 Å². The molecule has 3 nitrogen and oxygen atoms in total. The van der Waals surface area contributed by atoms with Gasteiger partial charge in [-0.3, -0.25) is 4.21 Å². The first-order valence-electron chi connectivity index (χ1n) is 6.10. The van der Waals surface area contributed by atoms with Gasteiger partial charge in [0.1, 0.15) is 0 Å². The maximum absolute atomic E-state index is 10.1. The van der Waals surface area contributed by atoms with Gasteiger partial charge < -0.3 is 4.55 Å². The van der Waals surface area contributed by atoms with Crippen molar-refractivity contribution in [2.45, 2.75) is 64.7 Å². The molecule has 0 aliphatic heterocycles. The minimum Gasteiger partial charge on any atom is -0.760 e. The summed E-state index contributed by atoms with van der Waals surface area (Å²) in [5, 5.41) is 0. The van der Waals surface area contributed by atoms with Crippen LogP contribution < -0.4 is 4.72 Å². The van der Waals surface area contributed by atoms with Crippen LogP contribution >= 0.6 is 0 Å². The average Bonchev–Trinajstić information content (AvgIpc) is 2.20. The SMILES string of the molecule is CCCCCCCCCCCNS(=O)[O-]. The van der Waals surface area contributed by atoms with Crippen LogP contribution in [-0.4, -0.2) is 15.3 Å². The molecule has 1 unspecified atom stereocenters. The lowest BCUT2D eigenvalue weighted by Gasteiger charge is -2.06. The quantitative estimate of drug-likeness (QED) is 0.441. The molecular formula is C11H24NO2S-. The zero-order valence-electron chi connectivity index (χ0n) is 9.80. The highest BCUT2D eigenvalue weighted by Crippen LogP contribution is 2.09. The van der Waals surface area contributed by atoms with Crippen molar-refractivity contribution in [1.29, 1.82) is 0 Å². The van der Waals surface area contributed by atoms with E-state index in [4.69, 9.17) is 0 Å². The van der Waals surface area contributed by atoms with Crippen molar-refractivity contribution in [3.63, 3.8) is 0 Å². The molecule has 0 fully saturated rings. The van der Waals surface area contributed by atoms with E-state index in [-0.39, 0.29) is 0 Å². The fourth-order valence-electron chi connectivity index (χ4n) is 1.59. The molecule has 0 saturated carbocycles. The Balaban J connectivity index is 2.89. The molecule has 92 valence electrons. The van der Waals surface area contributed by atoms with E-state index in [1.54, 1.807) is 0 Å². The average molecular weight is 234 g/mol. The predicted molar refractivity (Wildman–Crippen MR) is 64.1 cm³/mol. The second kappa shape index (κ2) is 12.1. The Kier molecular flexibility index (Phi) is 12.2. The molecule has 0 aromatic rings. The van der Waals surface area contributed by atoms with Gasteiger partial charge >= 0.3 is 0 Å². The maximum atomic E-state index is 10.1. The third-order valence-electron chi connectivity index (χ3n) is 2.50. The highest BCUT2D eigenvalue weighted by molar-refractivity contribution is 7.77. The monoisotopic (exact) mass is 234 g/mol. The van der Waals surface area contributed by atoms with Gasteiger partial charge in [-0.15, -0.1) is 0 Å². The van der Waals surface area contributed by atoms with E-state index in [1.165, 1.54) is 44.9 Å². The van der Waals surface area contributed by atoms with E-state index in [9.17, 15) is 8.76 Å². The van der Waals surface area contributed by atoms with Gasteiger partial charge in [-0.25, -0.2) is 4.72 Å². The van der Waals surface area contributed by atoms with Crippen molar-refractivity contribution >= 4 is 11.3 Å². The lowest BCUT2D eigenvalue weighted by atomic mass is 10.1. The maximum Gasteiger partial charge on any atom is 0.0181 e. The van der Waals surface area contributed by atoms with Crippen molar-refractivity contribution in [3.05, 3.63) is 0 Å². The fourth-order valence-corrected chi connectivity index (χ4v) is 1.90. The summed E-state index contributed by atoms with van der Waals surface area (Å²) >= 11 is -2.08. The van der Waals surface area contributed by atoms with Crippen LogP contribution in [0.25, 0.3) is 0 Å². The zero-order valence-corrected chi connectivity index (χ0v) is 10.6. The third-order valence-corrected chi connectivity index (χ3v) is 2.94. The molecule has 0 rings (SSSR count). The first kappa shape index (κ1) is 15.1. The molecule has 15 heavy (non-hydrogen) atoms. The number of nitrogens with one attached hydrogen (secondary N) is 1. The van der Waals surface area contributed by atoms with Gasteiger partial charge in [0.2, 0.25) is 0 Å². The van der Waals surface area contributed by atoms with Crippen molar-refractivity contribution in [2.24, 2.45) is 0 Å². The van der Waals surface area contributed by atoms with E-state index in [0.29, 0.717) is 6.54 Å². The van der Waals surface area contributed by atoms with E-state index >= 15 is 0 Å². The smallest absolute Gasteiger partial charge is 0.0181 e. The molecule has 0 aromatic heterocycles. The summed E-state index contributed by atoms with van der Waals surface area (Å²) in [5.41, 5.74) is 0. The summed E-state index contributed by atoms with van der Waals surface area (Å²) < 4.78 is 22.6. The largest absolute Gasteiger partial charge is 0.760 e. The highest BCUT2D eigenvalue weighted by atomic mass is 32.2. The molecule has 0 amide bonds. The van der Waals surface area contributed by atoms with E-state index in [2.05, 4.69) is 11.6 Å². The van der Waals surface area contributed by atoms with Gasteiger partial charge in [0.25, 0.3) is 0 Å². The Labute approximate surface area is 96.5 Å². The number of rotatable bonds is 11. The Bertz CT molecular complexity index is 154. The van der Waals surface area contributed by atoms with Crippen LogP contribution in [0, 0.1) is 0 Å². The van der Waals surface area contributed by atoms with E-state index < -0.39 is 11.3 Å². The van der Waals surface area contributed by atoms with Crippen LogP contribution in [0.15, 0.2) is 0 Å². The Morgan fingerprint density at radius 2 is 1.40 bits per heavy atom. The molecule has 0 spiro atoms. The van der Waals surface area contributed by atoms with Gasteiger partial charge in [0, 0.05) is 17.8 Å². The fraction of sp³-hybridized carbons (Fsp3) is 1.00. The predicted octanol–water partition coefficient (Wildman–Crippen LogP) is 2.90. The molecular weight excluding hydrogens is 210 g/mol. The van der Waals surface area contributed by atoms with E-state index in [0.717, 1.165) is 12.8 Å². The highest BCUT2D eigenvalue weighted by Gasteiger charge is 1.91. The molecule has 0 aliphatic rings. The zero-order chi connectivity index (χ0) is 11.4. The van der Waals surface area contributed by atoms with Gasteiger partial charge in [-0.05, 0) is 6.42 Å². The molecule has 4 heteroatoms. The molecule has 1 N–H and O–H groups in total. The lowest BCUT2D eigenvalue weighted by Crippen LogP contribution is -2.17. The molecule has 0 heterocycles. The number of unbranched alkanes of at least 4 members (excludes halogenated alkanes) is 8. The van der Waals surface area contributed by atoms with Gasteiger partial charge in [-0.1, -0.05) is 58.3 Å². The Morgan fingerprint density at radius 1 is 0.933 bits per heavy atom. The first-order chi connectivity index (χ1) is 7.27. The van der Waals surface area contributed by atoms with Crippen LogP contribution in [0.4, 0.5) is 0 Å². The molecule has 0 radical (unpaired) electrons. The minimum absolute atomic E-state index is 0.589. The summed E-state index contributed by atoms with van der Waals surface area (Å²) in [6.45, 7) is 2.82. The standard InChI is InChI=1S/C11H25NO2S/c1-2-3-4-5-6-7-8-9-10-11-12-15(13)14/h12H,2-11H2,1H3,(H,13,14)/p-1. The molecule has 0 aromatic carbocycles. The first-order valence-corrected chi connectivity index (χ1v) is 7.17. The minimum atomic E-state index is -2.08. The molecule has 0 bridgehead atoms. The van der Waals surface area contributed by atoms with Crippen LogP contribution in [0.3, 0.4) is 0 Å². The second-order valence-corrected chi connectivity index (χ2v) is 4.72. The lowest BCUT2D eigenvalue weighted by molar-refractivity contribution is 0.516. The summed E-state index contributed by atoms with van der Waals surface area (Å²) in [6, 6.07) is 0. The van der Waals surface area contributed by atoms with Crippen LogP contribution in [0.5, 0.6) is 0 Å². The van der Waals surface area contributed by atoms with Crippen LogP contribution in [-0.2, 0) is 11.3 Å². The topological polar surface area (TPSA) is 52.2 Å². The van der Waals surface area contributed by atoms with Crippen molar-refractivity contribution in [1.82, 2.24) is 4.72 Å². The normalized spacial score (nSPS) is 12.9. The van der Waals surface area contributed by atoms with Gasteiger partial charge in [-0.2, -0.15) is 0 Å². The number of hydrogen-bond donors (Lipinski definition) is 1. The summed E-state index contributed by atoms with van der Waals surface area (Å²) in [4.78, 5) is 0.